The zero-order valence-electron chi connectivity index (χ0n) is 24.2. The highest BCUT2D eigenvalue weighted by molar-refractivity contribution is 7.89. The summed E-state index contributed by atoms with van der Waals surface area (Å²) in [4.78, 5) is 35.6. The van der Waals surface area contributed by atoms with Gasteiger partial charge in [-0.1, -0.05) is 6.92 Å². The van der Waals surface area contributed by atoms with Gasteiger partial charge < -0.3 is 19.3 Å². The summed E-state index contributed by atoms with van der Waals surface area (Å²) in [6, 6.07) is 9.55. The molecule has 42 heavy (non-hydrogen) atoms. The number of nitrogens with two attached hydrogens (primary N) is 1. The molecule has 2 amide bonds. The average molecular weight is 597 g/mol. The second-order valence-electron chi connectivity index (χ2n) is 12.7. The first-order valence-corrected chi connectivity index (χ1v) is 16.6. The lowest BCUT2D eigenvalue weighted by molar-refractivity contribution is 0.0490. The molecule has 0 spiro atoms. The number of ether oxygens (including phenoxy) is 2. The molecule has 2 unspecified atom stereocenters. The number of amides is 2. The summed E-state index contributed by atoms with van der Waals surface area (Å²) in [5.41, 5.74) is 1.93. The highest BCUT2D eigenvalue weighted by Gasteiger charge is 2.46. The molecule has 3 aliphatic heterocycles. The number of sulfonamides is 1. The summed E-state index contributed by atoms with van der Waals surface area (Å²) in [6.07, 6.45) is 5.76. The van der Waals surface area contributed by atoms with Gasteiger partial charge in [0.2, 0.25) is 15.9 Å². The van der Waals surface area contributed by atoms with Crippen LogP contribution < -0.4 is 9.88 Å². The smallest absolute Gasteiger partial charge is 0.254 e. The Kier molecular flexibility index (Phi) is 8.01. The van der Waals surface area contributed by atoms with E-state index in [1.807, 2.05) is 21.9 Å². The number of hydrogen-bond acceptors (Lipinski definition) is 7. The summed E-state index contributed by atoms with van der Waals surface area (Å²) < 4.78 is 34.7. The number of primary sulfonamides is 1. The highest BCUT2D eigenvalue weighted by Crippen LogP contribution is 2.44. The van der Waals surface area contributed by atoms with E-state index < -0.39 is 10.0 Å². The van der Waals surface area contributed by atoms with Crippen molar-refractivity contribution in [2.45, 2.75) is 56.3 Å². The first-order valence-electron chi connectivity index (χ1n) is 15.0. The Morgan fingerprint density at radius 1 is 1.00 bits per heavy atom. The molecular formula is C31H40N4O6S. The fraction of sp³-hybridized carbons (Fsp3) is 0.581. The average Bonchev–Trinajstić information content (AvgIpc) is 3.81. The minimum Gasteiger partial charge on any atom is -0.477 e. The lowest BCUT2D eigenvalue weighted by Gasteiger charge is -2.28. The topological polar surface area (TPSA) is 132 Å². The van der Waals surface area contributed by atoms with Gasteiger partial charge in [-0.15, -0.1) is 0 Å². The summed E-state index contributed by atoms with van der Waals surface area (Å²) >= 11 is 0. The third-order valence-corrected chi connectivity index (χ3v) is 10.5. The monoisotopic (exact) mass is 596 g/mol. The van der Waals surface area contributed by atoms with Gasteiger partial charge >= 0.3 is 0 Å². The number of carbonyl (C=O) groups excluding carboxylic acids is 2. The van der Waals surface area contributed by atoms with Gasteiger partial charge in [-0.05, 0) is 86.1 Å². The molecule has 2 atom stereocenters. The van der Waals surface area contributed by atoms with Gasteiger partial charge in [-0.3, -0.25) is 9.59 Å². The van der Waals surface area contributed by atoms with Crippen LogP contribution >= 0.6 is 0 Å². The first-order chi connectivity index (χ1) is 20.1. The third-order valence-electron chi connectivity index (χ3n) is 9.56. The number of benzene rings is 1. The number of hydrogen-bond donors (Lipinski definition) is 1. The number of nitrogens with zero attached hydrogens (tertiary/aromatic N) is 3. The number of rotatable bonds is 7. The normalized spacial score (nSPS) is 25.1. The lowest BCUT2D eigenvalue weighted by Crippen LogP contribution is -2.35. The predicted octanol–water partition coefficient (Wildman–Crippen LogP) is 3.43. The largest absolute Gasteiger partial charge is 0.477 e. The maximum Gasteiger partial charge on any atom is 0.254 e. The van der Waals surface area contributed by atoms with E-state index in [1.165, 1.54) is 24.3 Å². The second-order valence-corrected chi connectivity index (χ2v) is 14.3. The van der Waals surface area contributed by atoms with Crippen LogP contribution in [-0.2, 0) is 14.8 Å². The zero-order chi connectivity index (χ0) is 29.5. The van der Waals surface area contributed by atoms with Gasteiger partial charge in [0.1, 0.15) is 0 Å². The molecule has 2 aromatic rings. The lowest BCUT2D eigenvalue weighted by atomic mass is 9.76. The summed E-state index contributed by atoms with van der Waals surface area (Å²) in [5.74, 6) is 1.56. The van der Waals surface area contributed by atoms with Crippen LogP contribution in [0.1, 0.15) is 77.8 Å². The van der Waals surface area contributed by atoms with Gasteiger partial charge in [0.15, 0.2) is 0 Å². The molecule has 4 aliphatic rings. The minimum atomic E-state index is -3.81. The summed E-state index contributed by atoms with van der Waals surface area (Å²) in [5, 5.41) is 5.19. The van der Waals surface area contributed by atoms with Crippen molar-refractivity contribution in [1.29, 1.82) is 0 Å². The van der Waals surface area contributed by atoms with E-state index >= 15 is 0 Å². The van der Waals surface area contributed by atoms with Crippen molar-refractivity contribution in [3.05, 3.63) is 53.2 Å². The Hall–Kier alpha value is -3.02. The van der Waals surface area contributed by atoms with Crippen molar-refractivity contribution in [3.8, 4) is 5.88 Å². The molecule has 1 saturated carbocycles. The van der Waals surface area contributed by atoms with Crippen LogP contribution in [0.25, 0.3) is 0 Å². The van der Waals surface area contributed by atoms with Gasteiger partial charge in [-0.25, -0.2) is 18.5 Å². The molecule has 0 radical (unpaired) electrons. The molecule has 1 aliphatic carbocycles. The molecule has 3 saturated heterocycles. The van der Waals surface area contributed by atoms with Gasteiger partial charge in [0.25, 0.3) is 11.8 Å². The molecule has 4 fully saturated rings. The maximum atomic E-state index is 13.8. The Labute approximate surface area is 247 Å². The summed E-state index contributed by atoms with van der Waals surface area (Å²) in [7, 11) is -3.81. The van der Waals surface area contributed by atoms with Gasteiger partial charge in [0, 0.05) is 68.2 Å². The van der Waals surface area contributed by atoms with Crippen molar-refractivity contribution in [2.24, 2.45) is 22.4 Å². The number of carbonyl (C=O) groups is 2. The van der Waals surface area contributed by atoms with Crippen LogP contribution in [0.15, 0.2) is 41.3 Å². The zero-order valence-corrected chi connectivity index (χ0v) is 25.0. The molecule has 10 nitrogen and oxygen atoms in total. The van der Waals surface area contributed by atoms with Crippen LogP contribution in [0.5, 0.6) is 5.88 Å². The molecule has 11 heteroatoms. The standard InChI is InChI=1S/C31H40N4O6S/c1-31-11-13-34(12-8-25(31)18-35(20-31)29(36)23-4-6-26(7-5-23)42(32,38)39)30(37)24-16-27(22-2-3-22)33-28(17-24)41-19-21-9-14-40-15-10-21/h4-7,16-17,21-22,25H,2-3,8-15,18-20H2,1H3,(H2,32,38,39). The SMILES string of the molecule is CC12CCN(C(=O)c3cc(OCC4CCOCC4)nc(C4CC4)c3)CCC1CN(C(=O)c1ccc(S(N)(=O)=O)cc1)C2. The Morgan fingerprint density at radius 3 is 2.40 bits per heavy atom. The van der Waals surface area contributed by atoms with Gasteiger partial charge in [-0.2, -0.15) is 0 Å². The fourth-order valence-corrected chi connectivity index (χ4v) is 7.11. The number of likely N-dealkylation sites (tertiary alicyclic amines) is 2. The highest BCUT2D eigenvalue weighted by atomic mass is 32.2. The van der Waals surface area contributed by atoms with E-state index in [9.17, 15) is 18.0 Å². The molecule has 0 bridgehead atoms. The van der Waals surface area contributed by atoms with E-state index in [0.29, 0.717) is 61.6 Å². The van der Waals surface area contributed by atoms with Gasteiger partial charge in [0.05, 0.1) is 11.5 Å². The number of aromatic nitrogens is 1. The van der Waals surface area contributed by atoms with Crippen LogP contribution in [0.4, 0.5) is 0 Å². The van der Waals surface area contributed by atoms with E-state index in [2.05, 4.69) is 6.92 Å². The summed E-state index contributed by atoms with van der Waals surface area (Å²) in [6.45, 7) is 6.79. The fourth-order valence-electron chi connectivity index (χ4n) is 6.59. The van der Waals surface area contributed by atoms with Crippen LogP contribution in [0.3, 0.4) is 0 Å². The Bertz CT molecular complexity index is 1440. The van der Waals surface area contributed by atoms with E-state index in [4.69, 9.17) is 19.6 Å². The van der Waals surface area contributed by atoms with Crippen LogP contribution in [0, 0.1) is 17.3 Å². The van der Waals surface area contributed by atoms with E-state index in [1.54, 1.807) is 0 Å². The van der Waals surface area contributed by atoms with Crippen LogP contribution in [-0.4, -0.2) is 81.0 Å². The molecule has 1 aromatic carbocycles. The molecule has 6 rings (SSSR count). The molecule has 4 heterocycles. The van der Waals surface area contributed by atoms with E-state index in [0.717, 1.165) is 57.4 Å². The predicted molar refractivity (Wildman–Crippen MR) is 156 cm³/mol. The van der Waals surface area contributed by atoms with E-state index in [-0.39, 0.29) is 28.0 Å². The molecule has 2 N–H and O–H groups in total. The Morgan fingerprint density at radius 2 is 1.71 bits per heavy atom. The second kappa shape index (κ2) is 11.6. The minimum absolute atomic E-state index is 0.0150. The van der Waals surface area contributed by atoms with Crippen LogP contribution in [0.2, 0.25) is 0 Å². The first kappa shape index (κ1) is 29.1. The molecule has 226 valence electrons. The number of fused-ring (bicyclic) bond motifs is 1. The van der Waals surface area contributed by atoms with Crippen molar-refractivity contribution < 1.29 is 27.5 Å². The molecule has 1 aromatic heterocycles. The third kappa shape index (κ3) is 6.33. The molecular weight excluding hydrogens is 556 g/mol. The maximum absolute atomic E-state index is 13.8. The number of pyridine rings is 1. The Balaban J connectivity index is 1.10. The van der Waals surface area contributed by atoms with Crippen molar-refractivity contribution in [1.82, 2.24) is 14.8 Å². The van der Waals surface area contributed by atoms with Crippen molar-refractivity contribution in [3.63, 3.8) is 0 Å². The van der Waals surface area contributed by atoms with Crippen molar-refractivity contribution >= 4 is 21.8 Å². The van der Waals surface area contributed by atoms with Crippen molar-refractivity contribution in [2.75, 3.05) is 46.0 Å². The quantitative estimate of drug-likeness (QED) is 0.518.